The molecule has 3 atom stereocenters. The molecule has 0 N–H and O–H groups in total. The smallest absolute Gasteiger partial charge is 0.0280 e. The van der Waals surface area contributed by atoms with E-state index in [2.05, 4.69) is 0 Å². The van der Waals surface area contributed by atoms with Crippen LogP contribution in [-0.2, 0) is 0 Å². The zero-order valence-corrected chi connectivity index (χ0v) is 9.73. The van der Waals surface area contributed by atoms with Crippen LogP contribution in [0.3, 0.4) is 0 Å². The summed E-state index contributed by atoms with van der Waals surface area (Å²) in [5.74, 6) is 4.20. The van der Waals surface area contributed by atoms with Gasteiger partial charge in [0.1, 0.15) is 0 Å². The van der Waals surface area contributed by atoms with Gasteiger partial charge in [-0.2, -0.15) is 0 Å². The van der Waals surface area contributed by atoms with Crippen molar-refractivity contribution >= 4 is 11.6 Å². The molecule has 3 unspecified atom stereocenters. The quantitative estimate of drug-likeness (QED) is 0.615. The van der Waals surface area contributed by atoms with E-state index in [0.29, 0.717) is 5.41 Å². The van der Waals surface area contributed by atoms with E-state index in [9.17, 15) is 0 Å². The third kappa shape index (κ3) is 1.41. The van der Waals surface area contributed by atoms with Crippen molar-refractivity contribution in [3.8, 4) is 0 Å². The number of alkyl halides is 1. The Balaban J connectivity index is 1.62. The van der Waals surface area contributed by atoms with E-state index in [1.54, 1.807) is 12.8 Å². The van der Waals surface area contributed by atoms with Crippen LogP contribution in [-0.4, -0.2) is 5.88 Å². The van der Waals surface area contributed by atoms with Gasteiger partial charge in [0.15, 0.2) is 0 Å². The third-order valence-electron chi connectivity index (χ3n) is 5.28. The summed E-state index contributed by atoms with van der Waals surface area (Å²) < 4.78 is 0. The minimum absolute atomic E-state index is 0.594. The van der Waals surface area contributed by atoms with Crippen LogP contribution in [0.5, 0.6) is 0 Å². The molecular weight excluding hydrogens is 192 g/mol. The average molecular weight is 213 g/mol. The van der Waals surface area contributed by atoms with E-state index in [1.807, 2.05) is 0 Å². The molecule has 0 aromatic heterocycles. The van der Waals surface area contributed by atoms with E-state index in [-0.39, 0.29) is 0 Å². The fourth-order valence-electron chi connectivity index (χ4n) is 4.25. The summed E-state index contributed by atoms with van der Waals surface area (Å²) in [6, 6.07) is 0. The molecule has 1 heteroatoms. The molecule has 0 radical (unpaired) electrons. The second kappa shape index (κ2) is 3.40. The largest absolute Gasteiger partial charge is 0.126 e. The van der Waals surface area contributed by atoms with Gasteiger partial charge in [0.2, 0.25) is 0 Å². The van der Waals surface area contributed by atoms with E-state index in [0.717, 1.165) is 23.6 Å². The lowest BCUT2D eigenvalue weighted by Gasteiger charge is -2.43. The fraction of sp³-hybridized carbons (Fsp3) is 1.00. The summed E-state index contributed by atoms with van der Waals surface area (Å²) in [6.07, 6.45) is 11.9. The van der Waals surface area contributed by atoms with Gasteiger partial charge in [-0.05, 0) is 61.7 Å². The first kappa shape index (κ1) is 9.51. The third-order valence-corrected chi connectivity index (χ3v) is 5.84. The molecule has 14 heavy (non-hydrogen) atoms. The molecule has 0 aromatic rings. The SMILES string of the molecule is ClCC1(CC2CC3CCC2C3)CCC1. The van der Waals surface area contributed by atoms with Crippen LogP contribution < -0.4 is 0 Å². The molecule has 3 aliphatic rings. The highest BCUT2D eigenvalue weighted by Crippen LogP contribution is 2.55. The highest BCUT2D eigenvalue weighted by Gasteiger charge is 2.45. The Morgan fingerprint density at radius 3 is 2.43 bits per heavy atom. The van der Waals surface area contributed by atoms with Gasteiger partial charge in [0, 0.05) is 5.88 Å². The van der Waals surface area contributed by atoms with Crippen molar-refractivity contribution < 1.29 is 0 Å². The lowest BCUT2D eigenvalue weighted by Crippen LogP contribution is -2.34. The summed E-state index contributed by atoms with van der Waals surface area (Å²) in [7, 11) is 0. The van der Waals surface area contributed by atoms with Crippen molar-refractivity contribution in [2.75, 3.05) is 5.88 Å². The van der Waals surface area contributed by atoms with Gasteiger partial charge in [-0.15, -0.1) is 11.6 Å². The molecule has 3 rings (SSSR count). The normalized spacial score (nSPS) is 43.9. The van der Waals surface area contributed by atoms with Gasteiger partial charge in [-0.25, -0.2) is 0 Å². The predicted molar refractivity (Wildman–Crippen MR) is 60.6 cm³/mol. The maximum atomic E-state index is 6.14. The van der Waals surface area contributed by atoms with Crippen molar-refractivity contribution in [1.82, 2.24) is 0 Å². The Morgan fingerprint density at radius 2 is 2.00 bits per heavy atom. The minimum Gasteiger partial charge on any atom is -0.126 e. The summed E-state index contributed by atoms with van der Waals surface area (Å²) in [5.41, 5.74) is 0.594. The Hall–Kier alpha value is 0.290. The summed E-state index contributed by atoms with van der Waals surface area (Å²) in [4.78, 5) is 0. The summed E-state index contributed by atoms with van der Waals surface area (Å²) >= 11 is 6.14. The predicted octanol–water partition coefficient (Wildman–Crippen LogP) is 4.22. The first-order valence-electron chi connectivity index (χ1n) is 6.37. The molecular formula is C13H21Cl. The maximum Gasteiger partial charge on any atom is 0.0280 e. The second-order valence-electron chi connectivity index (χ2n) is 6.13. The van der Waals surface area contributed by atoms with E-state index >= 15 is 0 Å². The van der Waals surface area contributed by atoms with Gasteiger partial charge in [0.05, 0.1) is 0 Å². The lowest BCUT2D eigenvalue weighted by molar-refractivity contribution is 0.101. The zero-order valence-electron chi connectivity index (χ0n) is 8.97. The van der Waals surface area contributed by atoms with Crippen LogP contribution in [0.4, 0.5) is 0 Å². The Bertz CT molecular complexity index is 214. The number of hydrogen-bond donors (Lipinski definition) is 0. The molecule has 0 saturated heterocycles. The van der Waals surface area contributed by atoms with E-state index < -0.39 is 0 Å². The maximum absolute atomic E-state index is 6.14. The van der Waals surface area contributed by atoms with Crippen LogP contribution in [0.25, 0.3) is 0 Å². The van der Waals surface area contributed by atoms with Gasteiger partial charge < -0.3 is 0 Å². The van der Waals surface area contributed by atoms with Crippen LogP contribution in [0, 0.1) is 23.2 Å². The van der Waals surface area contributed by atoms with Crippen molar-refractivity contribution in [3.05, 3.63) is 0 Å². The van der Waals surface area contributed by atoms with E-state index in [1.165, 1.54) is 38.5 Å². The van der Waals surface area contributed by atoms with Crippen LogP contribution in [0.2, 0.25) is 0 Å². The van der Waals surface area contributed by atoms with Crippen molar-refractivity contribution in [1.29, 1.82) is 0 Å². The topological polar surface area (TPSA) is 0 Å². The summed E-state index contributed by atoms with van der Waals surface area (Å²) in [5, 5.41) is 0. The van der Waals surface area contributed by atoms with E-state index in [4.69, 9.17) is 11.6 Å². The molecule has 0 nitrogen and oxygen atoms in total. The first-order chi connectivity index (χ1) is 6.81. The minimum atomic E-state index is 0.594. The molecule has 3 fully saturated rings. The fourth-order valence-corrected chi connectivity index (χ4v) is 4.63. The molecule has 0 aromatic carbocycles. The van der Waals surface area contributed by atoms with Gasteiger partial charge in [-0.3, -0.25) is 0 Å². The number of hydrogen-bond acceptors (Lipinski definition) is 0. The van der Waals surface area contributed by atoms with Crippen molar-refractivity contribution in [2.45, 2.75) is 51.4 Å². The molecule has 0 heterocycles. The second-order valence-corrected chi connectivity index (χ2v) is 6.39. The van der Waals surface area contributed by atoms with Gasteiger partial charge >= 0.3 is 0 Å². The summed E-state index contributed by atoms with van der Waals surface area (Å²) in [6.45, 7) is 0. The number of halogens is 1. The monoisotopic (exact) mass is 212 g/mol. The number of fused-ring (bicyclic) bond motifs is 2. The highest BCUT2D eigenvalue weighted by atomic mass is 35.5. The Kier molecular flexibility index (Phi) is 2.31. The molecule has 2 bridgehead atoms. The van der Waals surface area contributed by atoms with Crippen molar-refractivity contribution in [2.24, 2.45) is 23.2 Å². The molecule has 3 aliphatic carbocycles. The molecule has 0 spiro atoms. The first-order valence-corrected chi connectivity index (χ1v) is 6.91. The zero-order chi connectivity index (χ0) is 9.60. The average Bonchev–Trinajstić information content (AvgIpc) is 2.72. The van der Waals surface area contributed by atoms with Gasteiger partial charge in [0.25, 0.3) is 0 Å². The molecule has 0 aliphatic heterocycles. The van der Waals surface area contributed by atoms with Crippen molar-refractivity contribution in [3.63, 3.8) is 0 Å². The number of rotatable bonds is 3. The van der Waals surface area contributed by atoms with Crippen LogP contribution in [0.15, 0.2) is 0 Å². The molecule has 0 amide bonds. The van der Waals surface area contributed by atoms with Crippen LogP contribution >= 0.6 is 11.6 Å². The van der Waals surface area contributed by atoms with Gasteiger partial charge in [-0.1, -0.05) is 12.8 Å². The lowest BCUT2D eigenvalue weighted by atomic mass is 9.63. The molecule has 3 saturated carbocycles. The Morgan fingerprint density at radius 1 is 1.14 bits per heavy atom. The Labute approximate surface area is 92.4 Å². The standard InChI is InChI=1S/C13H21Cl/c14-9-13(4-1-5-13)8-12-7-10-2-3-11(12)6-10/h10-12H,1-9H2. The highest BCUT2D eigenvalue weighted by molar-refractivity contribution is 6.18. The molecule has 80 valence electrons. The van der Waals surface area contributed by atoms with Crippen LogP contribution in [0.1, 0.15) is 51.4 Å².